The van der Waals surface area contributed by atoms with Crippen molar-refractivity contribution in [1.29, 1.82) is 0 Å². The Labute approximate surface area is 181 Å². The van der Waals surface area contributed by atoms with Gasteiger partial charge in [-0.05, 0) is 36.8 Å². The number of aryl methyl sites for hydroxylation is 1. The second kappa shape index (κ2) is 8.71. The summed E-state index contributed by atoms with van der Waals surface area (Å²) in [5.41, 5.74) is 1.78. The van der Waals surface area contributed by atoms with Gasteiger partial charge in [0.2, 0.25) is 0 Å². The number of thiazole rings is 1. The molecular weight excluding hydrogens is 420 g/mol. The molecule has 0 fully saturated rings. The lowest BCUT2D eigenvalue weighted by atomic mass is 10.1. The molecule has 2 N–H and O–H groups in total. The van der Waals surface area contributed by atoms with Crippen molar-refractivity contribution >= 4 is 22.4 Å². The van der Waals surface area contributed by atoms with Gasteiger partial charge in [0.05, 0.1) is 16.3 Å². The molecule has 2 aromatic carbocycles. The highest BCUT2D eigenvalue weighted by molar-refractivity contribution is 7.19. The normalized spacial score (nSPS) is 11.9. The number of pyridine rings is 1. The smallest absolute Gasteiger partial charge is 0.263 e. The molecule has 0 radical (unpaired) electrons. The summed E-state index contributed by atoms with van der Waals surface area (Å²) in [5, 5.41) is 13.5. The first-order chi connectivity index (χ1) is 14.9. The Bertz CT molecular complexity index is 1220. The average molecular weight is 437 g/mol. The summed E-state index contributed by atoms with van der Waals surface area (Å²) in [6.45, 7) is 1.93. The lowest BCUT2D eigenvalue weighted by Crippen LogP contribution is -2.15. The van der Waals surface area contributed by atoms with Crippen LogP contribution in [0.15, 0.2) is 66.9 Å². The fourth-order valence-electron chi connectivity index (χ4n) is 3.12. The van der Waals surface area contributed by atoms with Gasteiger partial charge in [0.1, 0.15) is 23.3 Å². The van der Waals surface area contributed by atoms with Crippen LogP contribution in [0.1, 0.15) is 33.4 Å². The Kier molecular flexibility index (Phi) is 5.83. The topological polar surface area (TPSA) is 75.1 Å². The van der Waals surface area contributed by atoms with Crippen molar-refractivity contribution in [2.24, 2.45) is 0 Å². The van der Waals surface area contributed by atoms with E-state index in [0.717, 1.165) is 34.6 Å². The van der Waals surface area contributed by atoms with E-state index in [4.69, 9.17) is 0 Å². The van der Waals surface area contributed by atoms with E-state index in [1.54, 1.807) is 24.4 Å². The number of carbonyl (C=O) groups excluding carboxylic acids is 1. The average Bonchev–Trinajstić information content (AvgIpc) is 3.17. The van der Waals surface area contributed by atoms with Crippen molar-refractivity contribution in [3.05, 3.63) is 101 Å². The van der Waals surface area contributed by atoms with Crippen LogP contribution in [0.2, 0.25) is 0 Å². The fourth-order valence-corrected chi connectivity index (χ4v) is 4.10. The van der Waals surface area contributed by atoms with E-state index in [-0.39, 0.29) is 5.13 Å². The number of hydrogen-bond donors (Lipinski definition) is 2. The van der Waals surface area contributed by atoms with Gasteiger partial charge in [-0.15, -0.1) is 0 Å². The molecule has 0 saturated heterocycles. The number of benzene rings is 2. The maximum atomic E-state index is 14.0. The van der Waals surface area contributed by atoms with Gasteiger partial charge in [-0.3, -0.25) is 15.1 Å². The molecule has 8 heteroatoms. The molecule has 0 aliphatic carbocycles. The maximum Gasteiger partial charge on any atom is 0.263 e. The van der Waals surface area contributed by atoms with Crippen LogP contribution >= 0.6 is 11.3 Å². The van der Waals surface area contributed by atoms with Gasteiger partial charge in [-0.1, -0.05) is 53.3 Å². The van der Waals surface area contributed by atoms with E-state index in [1.807, 2.05) is 31.2 Å². The zero-order valence-corrected chi connectivity index (χ0v) is 17.2. The third-order valence-electron chi connectivity index (χ3n) is 4.57. The molecule has 4 rings (SSSR count). The Hall–Kier alpha value is -3.49. The highest BCUT2D eigenvalue weighted by Crippen LogP contribution is 2.38. The Morgan fingerprint density at radius 1 is 1.06 bits per heavy atom. The lowest BCUT2D eigenvalue weighted by Gasteiger charge is -2.10. The molecule has 2 heterocycles. The Balaban J connectivity index is 1.75. The minimum absolute atomic E-state index is 0.106. The quantitative estimate of drug-likeness (QED) is 0.454. The predicted octanol–water partition coefficient (Wildman–Crippen LogP) is 5.13. The number of hydrogen-bond acceptors (Lipinski definition) is 5. The van der Waals surface area contributed by atoms with Crippen LogP contribution in [0.4, 0.5) is 13.9 Å². The monoisotopic (exact) mass is 437 g/mol. The first-order valence-electron chi connectivity index (χ1n) is 9.36. The highest BCUT2D eigenvalue weighted by atomic mass is 32.1. The van der Waals surface area contributed by atoms with E-state index in [9.17, 15) is 18.7 Å². The fraction of sp³-hybridized carbons (Fsp3) is 0.0870. The third kappa shape index (κ3) is 4.35. The number of aliphatic hydroxyl groups excluding tert-OH is 1. The van der Waals surface area contributed by atoms with Gasteiger partial charge in [0.25, 0.3) is 5.91 Å². The Morgan fingerprint density at radius 3 is 2.48 bits per heavy atom. The third-order valence-corrected chi connectivity index (χ3v) is 5.61. The number of halogens is 2. The standard InChI is InChI=1S/C23H17F2N3O2S/c1-13-6-4-7-14(12-13)21-19(20(29)17-10-2-3-11-26-17)27-23(31-21)28-22(30)18-15(24)8-5-9-16(18)25/h2-12,20,29H,1H3,(H,27,28,30). The second-order valence-electron chi connectivity index (χ2n) is 6.81. The number of anilines is 1. The van der Waals surface area contributed by atoms with Crippen LogP contribution in [-0.2, 0) is 0 Å². The molecule has 156 valence electrons. The molecule has 5 nitrogen and oxygen atoms in total. The van der Waals surface area contributed by atoms with Crippen LogP contribution in [-0.4, -0.2) is 21.0 Å². The summed E-state index contributed by atoms with van der Waals surface area (Å²) < 4.78 is 28.0. The van der Waals surface area contributed by atoms with Gasteiger partial charge in [0, 0.05) is 6.20 Å². The van der Waals surface area contributed by atoms with Gasteiger partial charge in [-0.25, -0.2) is 13.8 Å². The summed E-state index contributed by atoms with van der Waals surface area (Å²) >= 11 is 1.10. The van der Waals surface area contributed by atoms with Crippen LogP contribution in [0.5, 0.6) is 0 Å². The van der Waals surface area contributed by atoms with Crippen LogP contribution < -0.4 is 5.32 Å². The number of rotatable bonds is 5. The van der Waals surface area contributed by atoms with Crippen molar-refractivity contribution < 1.29 is 18.7 Å². The van der Waals surface area contributed by atoms with Crippen molar-refractivity contribution in [2.45, 2.75) is 13.0 Å². The molecule has 2 aromatic heterocycles. The second-order valence-corrected chi connectivity index (χ2v) is 7.81. The van der Waals surface area contributed by atoms with E-state index in [2.05, 4.69) is 15.3 Å². The van der Waals surface area contributed by atoms with E-state index >= 15 is 0 Å². The zero-order chi connectivity index (χ0) is 22.0. The van der Waals surface area contributed by atoms with Crippen LogP contribution in [0.25, 0.3) is 10.4 Å². The molecule has 0 aliphatic rings. The van der Waals surface area contributed by atoms with Gasteiger partial charge in [0.15, 0.2) is 5.13 Å². The number of aliphatic hydroxyl groups is 1. The van der Waals surface area contributed by atoms with E-state index < -0.39 is 29.2 Å². The van der Waals surface area contributed by atoms with Crippen molar-refractivity contribution in [2.75, 3.05) is 5.32 Å². The number of nitrogens with zero attached hydrogens (tertiary/aromatic N) is 2. The van der Waals surface area contributed by atoms with E-state index in [1.165, 1.54) is 6.07 Å². The molecule has 4 aromatic rings. The SMILES string of the molecule is Cc1cccc(-c2sc(NC(=O)c3c(F)cccc3F)nc2C(O)c2ccccn2)c1. The number of aromatic nitrogens is 2. The van der Waals surface area contributed by atoms with Crippen LogP contribution in [0, 0.1) is 18.6 Å². The summed E-state index contributed by atoms with van der Waals surface area (Å²) in [6, 6.07) is 15.9. The van der Waals surface area contributed by atoms with Crippen LogP contribution in [0.3, 0.4) is 0 Å². The van der Waals surface area contributed by atoms with Gasteiger partial charge < -0.3 is 5.11 Å². The Morgan fingerprint density at radius 2 is 1.81 bits per heavy atom. The largest absolute Gasteiger partial charge is 0.380 e. The molecule has 0 bridgehead atoms. The summed E-state index contributed by atoms with van der Waals surface area (Å²) in [4.78, 5) is 21.7. The minimum Gasteiger partial charge on any atom is -0.380 e. The molecule has 0 spiro atoms. The number of nitrogens with one attached hydrogen (secondary N) is 1. The van der Waals surface area contributed by atoms with E-state index in [0.29, 0.717) is 16.3 Å². The first kappa shape index (κ1) is 20.8. The molecule has 31 heavy (non-hydrogen) atoms. The molecule has 0 aliphatic heterocycles. The van der Waals surface area contributed by atoms with Crippen molar-refractivity contribution in [1.82, 2.24) is 9.97 Å². The first-order valence-corrected chi connectivity index (χ1v) is 10.2. The summed E-state index contributed by atoms with van der Waals surface area (Å²) in [7, 11) is 0. The molecule has 1 atom stereocenters. The molecule has 1 amide bonds. The maximum absolute atomic E-state index is 14.0. The summed E-state index contributed by atoms with van der Waals surface area (Å²) in [5.74, 6) is -2.90. The number of amides is 1. The van der Waals surface area contributed by atoms with Crippen molar-refractivity contribution in [3.63, 3.8) is 0 Å². The lowest BCUT2D eigenvalue weighted by molar-refractivity contribution is 0.101. The van der Waals surface area contributed by atoms with Gasteiger partial charge in [-0.2, -0.15) is 0 Å². The minimum atomic E-state index is -1.15. The summed E-state index contributed by atoms with van der Waals surface area (Å²) in [6.07, 6.45) is 0.407. The zero-order valence-electron chi connectivity index (χ0n) is 16.3. The number of carbonyl (C=O) groups is 1. The van der Waals surface area contributed by atoms with Crippen molar-refractivity contribution in [3.8, 4) is 10.4 Å². The predicted molar refractivity (Wildman–Crippen MR) is 115 cm³/mol. The van der Waals surface area contributed by atoms with Gasteiger partial charge >= 0.3 is 0 Å². The molecule has 0 saturated carbocycles. The molecule has 1 unspecified atom stereocenters. The molecular formula is C23H17F2N3O2S. The highest BCUT2D eigenvalue weighted by Gasteiger charge is 2.24.